The average molecular weight is 503 g/mol. The van der Waals surface area contributed by atoms with Gasteiger partial charge in [-0.3, -0.25) is 9.69 Å². The number of fused-ring (bicyclic) bond motifs is 1. The van der Waals surface area contributed by atoms with E-state index in [1.807, 2.05) is 19.1 Å². The zero-order valence-corrected chi connectivity index (χ0v) is 20.9. The molecule has 1 amide bonds. The fraction of sp³-hybridized carbons (Fsp3) is 0.364. The molecule has 0 N–H and O–H groups in total. The minimum Gasteiger partial charge on any atom is -0.302 e. The maximum absolute atomic E-state index is 13.2. The molecule has 0 aliphatic carbocycles. The number of likely N-dealkylation sites (N-methyl/N-ethyl adjacent to an activating group) is 1. The third-order valence-corrected chi connectivity index (χ3v) is 7.43. The van der Waals surface area contributed by atoms with Crippen molar-refractivity contribution in [3.05, 3.63) is 52.8 Å². The normalized spacial score (nSPS) is 11.0. The minimum absolute atomic E-state index is 0. The number of thioether (sulfide) groups is 1. The summed E-state index contributed by atoms with van der Waals surface area (Å²) in [6.07, 6.45) is 0. The van der Waals surface area contributed by atoms with Crippen LogP contribution in [0.3, 0.4) is 0 Å². The summed E-state index contributed by atoms with van der Waals surface area (Å²) in [6, 6.07) is 10.0. The molecule has 0 atom stereocenters. The molecular formula is C22H26Cl2FN3OS2. The number of amides is 1. The van der Waals surface area contributed by atoms with Gasteiger partial charge in [0.1, 0.15) is 5.82 Å². The zero-order valence-electron chi connectivity index (χ0n) is 17.7. The maximum atomic E-state index is 13.2. The van der Waals surface area contributed by atoms with Crippen LogP contribution in [0, 0.1) is 12.7 Å². The van der Waals surface area contributed by atoms with Crippen LogP contribution in [-0.4, -0.2) is 47.7 Å². The van der Waals surface area contributed by atoms with Gasteiger partial charge in [-0.2, -0.15) is 0 Å². The lowest BCUT2D eigenvalue weighted by molar-refractivity contribution is -0.116. The van der Waals surface area contributed by atoms with Crippen LogP contribution in [-0.2, 0) is 4.79 Å². The quantitative estimate of drug-likeness (QED) is 0.323. The largest absolute Gasteiger partial charge is 0.302 e. The zero-order chi connectivity index (χ0) is 21.7. The standard InChI is InChI=1S/C22H25ClFN3OS2.ClH/c1-4-26(5-2)12-13-27(20(28)14-29-17-8-6-16(24)7-9-17)22-25-21-15(3)18(23)10-11-19(21)30-22;/h6-11H,4-5,12-14H2,1-3H3;1H. The summed E-state index contributed by atoms with van der Waals surface area (Å²) in [4.78, 5) is 22.8. The van der Waals surface area contributed by atoms with Crippen molar-refractivity contribution in [1.29, 1.82) is 0 Å². The second kappa shape index (κ2) is 12.0. The molecule has 31 heavy (non-hydrogen) atoms. The van der Waals surface area contributed by atoms with Crippen molar-refractivity contribution in [3.8, 4) is 0 Å². The summed E-state index contributed by atoms with van der Waals surface area (Å²) >= 11 is 9.16. The van der Waals surface area contributed by atoms with Gasteiger partial charge >= 0.3 is 0 Å². The third kappa shape index (κ3) is 6.56. The summed E-state index contributed by atoms with van der Waals surface area (Å²) in [6.45, 7) is 9.37. The molecule has 0 radical (unpaired) electrons. The van der Waals surface area contributed by atoms with Crippen LogP contribution in [0.5, 0.6) is 0 Å². The van der Waals surface area contributed by atoms with E-state index < -0.39 is 0 Å². The van der Waals surface area contributed by atoms with E-state index in [2.05, 4.69) is 18.7 Å². The Kier molecular flexibility index (Phi) is 10.0. The van der Waals surface area contributed by atoms with Gasteiger partial charge in [-0.05, 0) is 62.0 Å². The molecule has 0 aliphatic rings. The highest BCUT2D eigenvalue weighted by Crippen LogP contribution is 2.34. The highest BCUT2D eigenvalue weighted by molar-refractivity contribution is 8.00. The van der Waals surface area contributed by atoms with Gasteiger partial charge in [0.15, 0.2) is 5.13 Å². The molecule has 3 aromatic rings. The van der Waals surface area contributed by atoms with Crippen LogP contribution >= 0.6 is 47.1 Å². The fourth-order valence-corrected chi connectivity index (χ4v) is 5.06. The van der Waals surface area contributed by atoms with Gasteiger partial charge in [-0.15, -0.1) is 24.2 Å². The third-order valence-electron chi connectivity index (χ3n) is 4.98. The minimum atomic E-state index is -0.282. The number of carbonyl (C=O) groups is 1. The lowest BCUT2D eigenvalue weighted by Crippen LogP contribution is -2.39. The van der Waals surface area contributed by atoms with Gasteiger partial charge in [-0.1, -0.05) is 36.8 Å². The summed E-state index contributed by atoms with van der Waals surface area (Å²) in [5.41, 5.74) is 1.77. The lowest BCUT2D eigenvalue weighted by Gasteiger charge is -2.24. The molecule has 0 spiro atoms. The summed E-state index contributed by atoms with van der Waals surface area (Å²) in [5, 5.41) is 1.36. The number of benzene rings is 2. The van der Waals surface area contributed by atoms with Gasteiger partial charge in [0.2, 0.25) is 5.91 Å². The molecular weight excluding hydrogens is 476 g/mol. The lowest BCUT2D eigenvalue weighted by atomic mass is 10.2. The Morgan fingerprint density at radius 3 is 2.45 bits per heavy atom. The first kappa shape index (κ1) is 25.9. The summed E-state index contributed by atoms with van der Waals surface area (Å²) in [5.74, 6) is -0.0335. The number of anilines is 1. The molecule has 0 fully saturated rings. The summed E-state index contributed by atoms with van der Waals surface area (Å²) < 4.78 is 14.1. The van der Waals surface area contributed by atoms with Crippen LogP contribution in [0.15, 0.2) is 41.3 Å². The number of aromatic nitrogens is 1. The van der Waals surface area contributed by atoms with Crippen molar-refractivity contribution >= 4 is 68.4 Å². The van der Waals surface area contributed by atoms with Crippen LogP contribution in [0.4, 0.5) is 9.52 Å². The number of aryl methyl sites for hydroxylation is 1. The average Bonchev–Trinajstić information content (AvgIpc) is 3.18. The highest BCUT2D eigenvalue weighted by atomic mass is 35.5. The molecule has 168 valence electrons. The monoisotopic (exact) mass is 501 g/mol. The topological polar surface area (TPSA) is 36.4 Å². The Balaban J connectivity index is 0.00000341. The highest BCUT2D eigenvalue weighted by Gasteiger charge is 2.21. The molecule has 2 aromatic carbocycles. The van der Waals surface area contributed by atoms with Gasteiger partial charge in [0.05, 0.1) is 16.0 Å². The van der Waals surface area contributed by atoms with Crippen molar-refractivity contribution in [2.45, 2.75) is 25.7 Å². The number of carbonyl (C=O) groups excluding carboxylic acids is 1. The van der Waals surface area contributed by atoms with Crippen LogP contribution in [0.25, 0.3) is 10.2 Å². The van der Waals surface area contributed by atoms with Crippen LogP contribution in [0.2, 0.25) is 5.02 Å². The van der Waals surface area contributed by atoms with E-state index in [-0.39, 0.29) is 29.9 Å². The van der Waals surface area contributed by atoms with E-state index in [1.165, 1.54) is 35.2 Å². The Labute approximate surface area is 202 Å². The second-order valence-corrected chi connectivity index (χ2v) is 9.30. The van der Waals surface area contributed by atoms with E-state index in [0.717, 1.165) is 40.3 Å². The maximum Gasteiger partial charge on any atom is 0.239 e. The SMILES string of the molecule is CCN(CC)CCN(C(=O)CSc1ccc(F)cc1)c1nc2c(C)c(Cl)ccc2s1.Cl. The van der Waals surface area contributed by atoms with Crippen molar-refractivity contribution in [1.82, 2.24) is 9.88 Å². The molecule has 0 aliphatic heterocycles. The molecule has 0 saturated heterocycles. The van der Waals surface area contributed by atoms with Crippen molar-refractivity contribution in [2.24, 2.45) is 0 Å². The van der Waals surface area contributed by atoms with Gasteiger partial charge in [0, 0.05) is 23.0 Å². The molecule has 0 bridgehead atoms. The molecule has 3 rings (SSSR count). The first-order valence-corrected chi connectivity index (χ1v) is 12.1. The molecule has 1 heterocycles. The predicted octanol–water partition coefficient (Wildman–Crippen LogP) is 6.29. The van der Waals surface area contributed by atoms with Gasteiger partial charge < -0.3 is 4.90 Å². The van der Waals surface area contributed by atoms with E-state index in [1.54, 1.807) is 17.0 Å². The smallest absolute Gasteiger partial charge is 0.239 e. The molecule has 4 nitrogen and oxygen atoms in total. The van der Waals surface area contributed by atoms with E-state index in [4.69, 9.17) is 16.6 Å². The summed E-state index contributed by atoms with van der Waals surface area (Å²) in [7, 11) is 0. The molecule has 1 aromatic heterocycles. The Morgan fingerprint density at radius 2 is 1.81 bits per heavy atom. The van der Waals surface area contributed by atoms with Crippen molar-refractivity contribution in [2.75, 3.05) is 36.8 Å². The number of thiazole rings is 1. The molecule has 0 saturated carbocycles. The van der Waals surface area contributed by atoms with Crippen LogP contribution in [0.1, 0.15) is 19.4 Å². The Hall–Kier alpha value is -1.38. The predicted molar refractivity (Wildman–Crippen MR) is 134 cm³/mol. The van der Waals surface area contributed by atoms with Gasteiger partial charge in [0.25, 0.3) is 0 Å². The molecule has 9 heteroatoms. The van der Waals surface area contributed by atoms with Gasteiger partial charge in [-0.25, -0.2) is 9.37 Å². The Morgan fingerprint density at radius 1 is 1.13 bits per heavy atom. The van der Waals surface area contributed by atoms with Crippen LogP contribution < -0.4 is 4.90 Å². The van der Waals surface area contributed by atoms with E-state index in [0.29, 0.717) is 16.7 Å². The van der Waals surface area contributed by atoms with E-state index >= 15 is 0 Å². The number of rotatable bonds is 9. The molecule has 0 unspecified atom stereocenters. The number of nitrogens with zero attached hydrogens (tertiary/aromatic N) is 3. The number of halogens is 3. The second-order valence-electron chi connectivity index (χ2n) is 6.83. The van der Waals surface area contributed by atoms with Crippen molar-refractivity contribution in [3.63, 3.8) is 0 Å². The number of hydrogen-bond acceptors (Lipinski definition) is 5. The first-order valence-electron chi connectivity index (χ1n) is 9.89. The van der Waals surface area contributed by atoms with E-state index in [9.17, 15) is 9.18 Å². The Bertz CT molecular complexity index is 1010. The number of hydrogen-bond donors (Lipinski definition) is 0. The first-order chi connectivity index (χ1) is 14.4. The fourth-order valence-electron chi connectivity index (χ4n) is 3.07. The van der Waals surface area contributed by atoms with Crippen molar-refractivity contribution < 1.29 is 9.18 Å².